The average Bonchev–Trinajstić information content (AvgIpc) is 2.32. The van der Waals surface area contributed by atoms with Crippen LogP contribution in [0.5, 0.6) is 5.75 Å². The molecule has 0 aromatic heterocycles. The number of ether oxygens (including phenoxy) is 1. The quantitative estimate of drug-likeness (QED) is 0.567. The van der Waals surface area contributed by atoms with Gasteiger partial charge in [-0.2, -0.15) is 11.8 Å². The lowest BCUT2D eigenvalue weighted by Gasteiger charge is -2.19. The maximum absolute atomic E-state index is 5.60. The number of thioether (sulfide) groups is 1. The smallest absolute Gasteiger partial charge is 0.124 e. The normalized spacial score (nSPS) is 12.4. The predicted molar refractivity (Wildman–Crippen MR) is 70.7 cm³/mol. The summed E-state index contributed by atoms with van der Waals surface area (Å²) in [5.74, 6) is 7.60. The molecular weight excluding hydrogens is 220 g/mol. The number of para-hydroxylation sites is 1. The van der Waals surface area contributed by atoms with E-state index in [1.54, 1.807) is 0 Å². The van der Waals surface area contributed by atoms with Crippen LogP contribution in [0.3, 0.4) is 0 Å². The molecular formula is C12H20N2OS. The number of hydrazine groups is 1. The Morgan fingerprint density at radius 2 is 2.19 bits per heavy atom. The van der Waals surface area contributed by atoms with E-state index in [1.165, 1.54) is 0 Å². The maximum Gasteiger partial charge on any atom is 0.124 e. The first-order valence-corrected chi connectivity index (χ1v) is 6.89. The highest BCUT2D eigenvalue weighted by Crippen LogP contribution is 2.27. The summed E-state index contributed by atoms with van der Waals surface area (Å²) in [5.41, 5.74) is 4.00. The summed E-state index contributed by atoms with van der Waals surface area (Å²) in [4.78, 5) is 0. The number of hydrogen-bond donors (Lipinski definition) is 2. The van der Waals surface area contributed by atoms with E-state index in [9.17, 15) is 0 Å². The highest BCUT2D eigenvalue weighted by atomic mass is 32.2. The molecule has 0 aliphatic heterocycles. The first-order valence-electron chi connectivity index (χ1n) is 5.50. The van der Waals surface area contributed by atoms with Crippen LogP contribution in [0, 0.1) is 0 Å². The maximum atomic E-state index is 5.60. The van der Waals surface area contributed by atoms with Gasteiger partial charge in [0.2, 0.25) is 0 Å². The Hall–Kier alpha value is -0.710. The van der Waals surface area contributed by atoms with Gasteiger partial charge >= 0.3 is 0 Å². The molecule has 0 aliphatic rings. The summed E-state index contributed by atoms with van der Waals surface area (Å²) in [7, 11) is 0. The van der Waals surface area contributed by atoms with Crippen molar-refractivity contribution >= 4 is 11.8 Å². The molecule has 0 bridgehead atoms. The summed E-state index contributed by atoms with van der Waals surface area (Å²) in [6, 6.07) is 8.21. The van der Waals surface area contributed by atoms with Crippen molar-refractivity contribution in [3.8, 4) is 5.75 Å². The zero-order chi connectivity index (χ0) is 11.8. The van der Waals surface area contributed by atoms with Gasteiger partial charge in [0.25, 0.3) is 0 Å². The van der Waals surface area contributed by atoms with Crippen LogP contribution in [0.4, 0.5) is 0 Å². The fourth-order valence-electron chi connectivity index (χ4n) is 1.62. The summed E-state index contributed by atoms with van der Waals surface area (Å²) in [6.07, 6.45) is 3.10. The van der Waals surface area contributed by atoms with Crippen molar-refractivity contribution in [1.29, 1.82) is 0 Å². The highest BCUT2D eigenvalue weighted by molar-refractivity contribution is 7.98. The summed E-state index contributed by atoms with van der Waals surface area (Å²) in [6.45, 7) is 2.67. The van der Waals surface area contributed by atoms with Crippen molar-refractivity contribution in [2.45, 2.75) is 19.4 Å². The Balaban J connectivity index is 2.81. The van der Waals surface area contributed by atoms with Crippen LogP contribution < -0.4 is 16.0 Å². The van der Waals surface area contributed by atoms with E-state index in [4.69, 9.17) is 10.6 Å². The van der Waals surface area contributed by atoms with Crippen LogP contribution in [0.15, 0.2) is 24.3 Å². The van der Waals surface area contributed by atoms with E-state index in [0.717, 1.165) is 23.5 Å². The van der Waals surface area contributed by atoms with Gasteiger partial charge in [-0.25, -0.2) is 0 Å². The van der Waals surface area contributed by atoms with E-state index in [2.05, 4.69) is 17.7 Å². The Morgan fingerprint density at radius 3 is 2.81 bits per heavy atom. The van der Waals surface area contributed by atoms with Gasteiger partial charge in [-0.3, -0.25) is 11.3 Å². The van der Waals surface area contributed by atoms with Crippen LogP contribution in [-0.4, -0.2) is 18.6 Å². The van der Waals surface area contributed by atoms with Gasteiger partial charge in [0.1, 0.15) is 5.75 Å². The Labute approximate surface area is 102 Å². The molecule has 0 saturated carbocycles. The van der Waals surface area contributed by atoms with Crippen molar-refractivity contribution in [3.05, 3.63) is 29.8 Å². The number of nitrogens with two attached hydrogens (primary N) is 1. The van der Waals surface area contributed by atoms with Gasteiger partial charge in [0, 0.05) is 5.56 Å². The molecule has 1 unspecified atom stereocenters. The number of rotatable bonds is 7. The Kier molecular flexibility index (Phi) is 6.30. The monoisotopic (exact) mass is 240 g/mol. The minimum Gasteiger partial charge on any atom is -0.494 e. The molecule has 0 heterocycles. The van der Waals surface area contributed by atoms with Gasteiger partial charge in [0.05, 0.1) is 12.6 Å². The molecule has 4 heteroatoms. The van der Waals surface area contributed by atoms with E-state index in [0.29, 0.717) is 6.61 Å². The number of benzene rings is 1. The first-order chi connectivity index (χ1) is 7.83. The predicted octanol–water partition coefficient (Wildman–Crippen LogP) is 2.34. The van der Waals surface area contributed by atoms with E-state index in [1.807, 2.05) is 36.9 Å². The molecule has 1 aromatic rings. The van der Waals surface area contributed by atoms with E-state index < -0.39 is 0 Å². The van der Waals surface area contributed by atoms with Crippen LogP contribution in [0.25, 0.3) is 0 Å². The van der Waals surface area contributed by atoms with Crippen LogP contribution in [-0.2, 0) is 0 Å². The topological polar surface area (TPSA) is 47.3 Å². The van der Waals surface area contributed by atoms with Crippen molar-refractivity contribution in [2.24, 2.45) is 5.84 Å². The summed E-state index contributed by atoms with van der Waals surface area (Å²) in [5, 5.41) is 0. The van der Waals surface area contributed by atoms with E-state index in [-0.39, 0.29) is 6.04 Å². The molecule has 3 N–H and O–H groups in total. The molecule has 1 atom stereocenters. The molecule has 1 aromatic carbocycles. The van der Waals surface area contributed by atoms with Gasteiger partial charge in [-0.05, 0) is 31.4 Å². The first kappa shape index (κ1) is 13.4. The largest absolute Gasteiger partial charge is 0.494 e. The minimum atomic E-state index is 0.162. The van der Waals surface area contributed by atoms with Crippen molar-refractivity contribution in [2.75, 3.05) is 18.6 Å². The van der Waals surface area contributed by atoms with Crippen LogP contribution in [0.2, 0.25) is 0 Å². The zero-order valence-electron chi connectivity index (χ0n) is 9.90. The second-order valence-corrected chi connectivity index (χ2v) is 4.46. The minimum absolute atomic E-state index is 0.162. The Bertz CT molecular complexity index is 307. The fourth-order valence-corrected chi connectivity index (χ4v) is 2.09. The van der Waals surface area contributed by atoms with Gasteiger partial charge in [-0.15, -0.1) is 0 Å². The van der Waals surface area contributed by atoms with Crippen LogP contribution in [0.1, 0.15) is 24.9 Å². The highest BCUT2D eigenvalue weighted by Gasteiger charge is 2.13. The number of hydrogen-bond acceptors (Lipinski definition) is 4. The van der Waals surface area contributed by atoms with Crippen molar-refractivity contribution in [1.82, 2.24) is 5.43 Å². The van der Waals surface area contributed by atoms with E-state index >= 15 is 0 Å². The zero-order valence-corrected chi connectivity index (χ0v) is 10.7. The molecule has 3 nitrogen and oxygen atoms in total. The molecule has 0 spiro atoms. The SMILES string of the molecule is CCOc1ccccc1C(CCSC)NN. The molecule has 16 heavy (non-hydrogen) atoms. The molecule has 90 valence electrons. The molecule has 0 amide bonds. The third-order valence-corrected chi connectivity index (χ3v) is 3.05. The molecule has 1 rings (SSSR count). The summed E-state index contributed by atoms with van der Waals surface area (Å²) >= 11 is 1.82. The second-order valence-electron chi connectivity index (χ2n) is 3.47. The molecule has 0 fully saturated rings. The lowest BCUT2D eigenvalue weighted by atomic mass is 10.0. The average molecular weight is 240 g/mol. The van der Waals surface area contributed by atoms with Gasteiger partial charge < -0.3 is 4.74 Å². The lowest BCUT2D eigenvalue weighted by molar-refractivity contribution is 0.331. The van der Waals surface area contributed by atoms with Gasteiger partial charge in [0.15, 0.2) is 0 Å². The molecule has 0 radical (unpaired) electrons. The molecule has 0 saturated heterocycles. The molecule has 0 aliphatic carbocycles. The lowest BCUT2D eigenvalue weighted by Crippen LogP contribution is -2.28. The number of nitrogens with one attached hydrogen (secondary N) is 1. The standard InChI is InChI=1S/C12H20N2OS/c1-3-15-12-7-5-4-6-10(12)11(14-13)8-9-16-2/h4-7,11,14H,3,8-9,13H2,1-2H3. The Morgan fingerprint density at radius 1 is 1.44 bits per heavy atom. The third-order valence-electron chi connectivity index (χ3n) is 2.41. The summed E-state index contributed by atoms with van der Waals surface area (Å²) < 4.78 is 5.60. The van der Waals surface area contributed by atoms with Gasteiger partial charge in [-0.1, -0.05) is 18.2 Å². The van der Waals surface area contributed by atoms with Crippen LogP contribution >= 0.6 is 11.8 Å². The second kappa shape index (κ2) is 7.54. The van der Waals surface area contributed by atoms with Crippen molar-refractivity contribution in [3.63, 3.8) is 0 Å². The third kappa shape index (κ3) is 3.70. The van der Waals surface area contributed by atoms with Crippen molar-refractivity contribution < 1.29 is 4.74 Å². The fraction of sp³-hybridized carbons (Fsp3) is 0.500.